The van der Waals surface area contributed by atoms with E-state index in [0.29, 0.717) is 17.2 Å². The van der Waals surface area contributed by atoms with E-state index in [4.69, 9.17) is 0 Å². The molecule has 10 heteroatoms. The van der Waals surface area contributed by atoms with Crippen LogP contribution in [0.3, 0.4) is 0 Å². The molecule has 0 aliphatic rings. The maximum atomic E-state index is 12.1. The van der Waals surface area contributed by atoms with Gasteiger partial charge >= 0.3 is 5.69 Å². The second-order valence-electron chi connectivity index (χ2n) is 5.14. The number of hydrogen-bond donors (Lipinski definition) is 2. The normalized spacial score (nSPS) is 10.9. The number of pyridine rings is 2. The number of carbonyl (C=O) groups is 1. The Morgan fingerprint density at radius 2 is 2.08 bits per heavy atom. The largest absolute Gasteiger partial charge is 0.350 e. The van der Waals surface area contributed by atoms with Crippen LogP contribution in [0.2, 0.25) is 0 Å². The molecule has 124 valence electrons. The van der Waals surface area contributed by atoms with Crippen molar-refractivity contribution in [2.45, 2.75) is 6.54 Å². The Balaban J connectivity index is 1.50. The fraction of sp³-hybridized carbons (Fsp3) is 0.0667. The molecule has 0 fully saturated rings. The van der Waals surface area contributed by atoms with E-state index in [1.54, 1.807) is 42.7 Å². The van der Waals surface area contributed by atoms with Gasteiger partial charge in [0.15, 0.2) is 11.5 Å². The Bertz CT molecular complexity index is 1100. The fourth-order valence-corrected chi connectivity index (χ4v) is 2.31. The zero-order valence-corrected chi connectivity index (χ0v) is 12.8. The molecule has 0 atom stereocenters. The molecular formula is C15H12N8O2. The van der Waals surface area contributed by atoms with Crippen LogP contribution in [0.4, 0.5) is 5.95 Å². The van der Waals surface area contributed by atoms with Crippen LogP contribution < -0.4 is 11.0 Å². The lowest BCUT2D eigenvalue weighted by Gasteiger charge is -1.99. The number of carbonyl (C=O) groups excluding carboxylic acids is 1. The molecule has 0 aliphatic carbocycles. The van der Waals surface area contributed by atoms with Crippen LogP contribution in [-0.2, 0) is 11.3 Å². The van der Waals surface area contributed by atoms with E-state index in [-0.39, 0.29) is 12.5 Å². The summed E-state index contributed by atoms with van der Waals surface area (Å²) in [5.74, 6) is 0.0698. The smallest absolute Gasteiger partial charge is 0.292 e. The van der Waals surface area contributed by atoms with Gasteiger partial charge in [0.05, 0.1) is 0 Å². The molecule has 2 N–H and O–H groups in total. The molecule has 0 radical (unpaired) electrons. The molecule has 0 aliphatic heterocycles. The topological polar surface area (TPSA) is 123 Å². The Kier molecular flexibility index (Phi) is 3.54. The summed E-state index contributed by atoms with van der Waals surface area (Å²) in [7, 11) is 0. The van der Waals surface area contributed by atoms with Gasteiger partial charge in [-0.1, -0.05) is 12.1 Å². The summed E-state index contributed by atoms with van der Waals surface area (Å²) in [6.45, 7) is -0.242. The lowest BCUT2D eigenvalue weighted by Crippen LogP contribution is -2.28. The molecule has 0 unspecified atom stereocenters. The first kappa shape index (κ1) is 14.8. The summed E-state index contributed by atoms with van der Waals surface area (Å²) in [6, 6.07) is 10.5. The van der Waals surface area contributed by atoms with Crippen LogP contribution in [0, 0.1) is 0 Å². The van der Waals surface area contributed by atoms with Crippen LogP contribution in [0.5, 0.6) is 0 Å². The fourth-order valence-electron chi connectivity index (χ4n) is 2.31. The Morgan fingerprint density at radius 3 is 2.88 bits per heavy atom. The van der Waals surface area contributed by atoms with Gasteiger partial charge in [0.25, 0.3) is 0 Å². The summed E-state index contributed by atoms with van der Waals surface area (Å²) < 4.78 is 2.44. The van der Waals surface area contributed by atoms with Crippen molar-refractivity contribution in [3.05, 3.63) is 59.3 Å². The number of nitrogens with zero attached hydrogens (tertiary/aromatic N) is 6. The number of anilines is 1. The van der Waals surface area contributed by atoms with Gasteiger partial charge in [-0.05, 0) is 24.3 Å². The van der Waals surface area contributed by atoms with Gasteiger partial charge in [-0.3, -0.25) is 24.6 Å². The predicted octanol–water partition coefficient (Wildman–Crippen LogP) is 0.315. The van der Waals surface area contributed by atoms with Crippen molar-refractivity contribution in [2.75, 3.05) is 5.32 Å². The zero-order valence-electron chi connectivity index (χ0n) is 12.8. The van der Waals surface area contributed by atoms with Gasteiger partial charge in [-0.2, -0.15) is 4.98 Å². The van der Waals surface area contributed by atoms with Crippen molar-refractivity contribution in [3.63, 3.8) is 0 Å². The maximum Gasteiger partial charge on any atom is 0.350 e. The van der Waals surface area contributed by atoms with E-state index in [0.717, 1.165) is 4.68 Å². The first-order valence-corrected chi connectivity index (χ1v) is 7.38. The number of aromatic nitrogens is 7. The number of rotatable bonds is 4. The Hall–Kier alpha value is -3.82. The third kappa shape index (κ3) is 2.87. The molecule has 4 heterocycles. The molecule has 1 amide bonds. The van der Waals surface area contributed by atoms with Crippen molar-refractivity contribution in [3.8, 4) is 11.5 Å². The third-order valence-corrected chi connectivity index (χ3v) is 3.43. The molecule has 4 aromatic rings. The summed E-state index contributed by atoms with van der Waals surface area (Å²) in [6.07, 6.45) is 3.22. The SMILES string of the molecule is O=C(Cn1nc2ccccn2c1=O)Nc1n[nH]c(-c2ccccn2)n1. The molecule has 4 aromatic heterocycles. The van der Waals surface area contributed by atoms with Crippen LogP contribution in [0.1, 0.15) is 0 Å². The van der Waals surface area contributed by atoms with Crippen LogP contribution in [0.15, 0.2) is 53.6 Å². The molecule has 0 saturated carbocycles. The van der Waals surface area contributed by atoms with Gasteiger partial charge < -0.3 is 0 Å². The molecule has 25 heavy (non-hydrogen) atoms. The lowest BCUT2D eigenvalue weighted by atomic mass is 10.3. The number of H-pyrrole nitrogens is 1. The summed E-state index contributed by atoms with van der Waals surface area (Å²) in [5.41, 5.74) is 0.678. The third-order valence-electron chi connectivity index (χ3n) is 3.43. The minimum atomic E-state index is -0.461. The highest BCUT2D eigenvalue weighted by Crippen LogP contribution is 2.11. The van der Waals surface area contributed by atoms with Gasteiger partial charge in [0.2, 0.25) is 11.9 Å². The van der Waals surface area contributed by atoms with Crippen LogP contribution in [0.25, 0.3) is 17.2 Å². The number of hydrogen-bond acceptors (Lipinski definition) is 6. The first-order chi connectivity index (χ1) is 12.2. The Labute approximate surface area is 140 Å². The van der Waals surface area contributed by atoms with Crippen molar-refractivity contribution >= 4 is 17.5 Å². The molecular weight excluding hydrogens is 324 g/mol. The average molecular weight is 336 g/mol. The summed E-state index contributed by atoms with van der Waals surface area (Å²) in [4.78, 5) is 32.6. The quantitative estimate of drug-likeness (QED) is 0.553. The van der Waals surface area contributed by atoms with E-state index in [1.807, 2.05) is 6.07 Å². The molecule has 0 bridgehead atoms. The predicted molar refractivity (Wildman–Crippen MR) is 87.7 cm³/mol. The molecule has 0 spiro atoms. The first-order valence-electron chi connectivity index (χ1n) is 7.38. The van der Waals surface area contributed by atoms with Crippen LogP contribution in [-0.4, -0.2) is 40.3 Å². The minimum Gasteiger partial charge on any atom is -0.292 e. The second-order valence-corrected chi connectivity index (χ2v) is 5.14. The highest BCUT2D eigenvalue weighted by Gasteiger charge is 2.13. The van der Waals surface area contributed by atoms with Crippen molar-refractivity contribution < 1.29 is 4.79 Å². The lowest BCUT2D eigenvalue weighted by molar-refractivity contribution is -0.117. The van der Waals surface area contributed by atoms with E-state index < -0.39 is 11.6 Å². The van der Waals surface area contributed by atoms with Gasteiger partial charge in [0, 0.05) is 12.4 Å². The van der Waals surface area contributed by atoms with E-state index >= 15 is 0 Å². The second kappa shape index (κ2) is 6.00. The molecule has 10 nitrogen and oxygen atoms in total. The van der Waals surface area contributed by atoms with E-state index in [2.05, 4.69) is 30.6 Å². The van der Waals surface area contributed by atoms with Crippen molar-refractivity contribution in [2.24, 2.45) is 0 Å². The standard InChI is InChI=1S/C15H12N8O2/c24-12(9-23-15(25)22-8-4-2-6-11(22)21-23)17-14-18-13(19-20-14)10-5-1-3-7-16-10/h1-8H,9H2,(H2,17,18,19,20,24). The number of fused-ring (bicyclic) bond motifs is 1. The summed E-state index contributed by atoms with van der Waals surface area (Å²) >= 11 is 0. The molecule has 4 rings (SSSR count). The van der Waals surface area contributed by atoms with Gasteiger partial charge in [-0.15, -0.1) is 10.2 Å². The zero-order chi connectivity index (χ0) is 17.2. The average Bonchev–Trinajstić information content (AvgIpc) is 3.21. The maximum absolute atomic E-state index is 12.1. The number of nitrogens with one attached hydrogen (secondary N) is 2. The van der Waals surface area contributed by atoms with Crippen molar-refractivity contribution in [1.29, 1.82) is 0 Å². The van der Waals surface area contributed by atoms with Crippen LogP contribution >= 0.6 is 0 Å². The highest BCUT2D eigenvalue weighted by atomic mass is 16.2. The summed E-state index contributed by atoms with van der Waals surface area (Å²) in [5, 5.41) is 13.2. The van der Waals surface area contributed by atoms with Gasteiger partial charge in [-0.25, -0.2) is 9.48 Å². The molecule has 0 saturated heterocycles. The number of amides is 1. The van der Waals surface area contributed by atoms with Crippen molar-refractivity contribution in [1.82, 2.24) is 34.3 Å². The monoisotopic (exact) mass is 336 g/mol. The highest BCUT2D eigenvalue weighted by molar-refractivity contribution is 5.88. The van der Waals surface area contributed by atoms with Gasteiger partial charge in [0.1, 0.15) is 12.2 Å². The van der Waals surface area contributed by atoms with E-state index in [1.165, 1.54) is 4.40 Å². The molecule has 0 aromatic carbocycles. The van der Waals surface area contributed by atoms with E-state index in [9.17, 15) is 9.59 Å². The Morgan fingerprint density at radius 1 is 1.20 bits per heavy atom. The number of aromatic amines is 1. The minimum absolute atomic E-state index is 0.0995.